The van der Waals surface area contributed by atoms with Gasteiger partial charge in [-0.3, -0.25) is 9.13 Å². The van der Waals surface area contributed by atoms with Gasteiger partial charge in [-0.1, -0.05) is 12.8 Å². The Bertz CT molecular complexity index is 236. The molecule has 7 N–H and O–H groups in total. The number of hydrogen-bond acceptors (Lipinski definition) is 4. The fourth-order valence-corrected chi connectivity index (χ4v) is 1.34. The van der Waals surface area contributed by atoms with Crippen molar-refractivity contribution in [2.45, 2.75) is 31.5 Å². The van der Waals surface area contributed by atoms with Crippen molar-refractivity contribution < 1.29 is 33.8 Å². The van der Waals surface area contributed by atoms with Crippen LogP contribution in [0.2, 0.25) is 0 Å². The van der Waals surface area contributed by atoms with Crippen molar-refractivity contribution in [3.05, 3.63) is 0 Å². The molecule has 0 saturated heterocycles. The van der Waals surface area contributed by atoms with E-state index in [0.717, 1.165) is 12.8 Å². The van der Waals surface area contributed by atoms with Gasteiger partial charge < -0.3 is 30.4 Å². The predicted molar refractivity (Wildman–Crippen MR) is 73.3 cm³/mol. The Labute approximate surface area is 151 Å². The second kappa shape index (κ2) is 17.3. The first-order chi connectivity index (χ1) is 7.21. The summed E-state index contributed by atoms with van der Waals surface area (Å²) in [7, 11) is -7.41. The fourth-order valence-electron chi connectivity index (χ4n) is 0.816. The Kier molecular flexibility index (Phi) is 27.2. The van der Waals surface area contributed by atoms with E-state index in [1.165, 1.54) is 0 Å². The third-order valence-electron chi connectivity index (χ3n) is 1.55. The van der Waals surface area contributed by atoms with Crippen LogP contribution in [0, 0.1) is 0 Å². The van der Waals surface area contributed by atoms with E-state index in [9.17, 15) is 4.57 Å². The number of hydrogen-bond donors (Lipinski definition) is 6. The molecule has 18 heavy (non-hydrogen) atoms. The zero-order valence-electron chi connectivity index (χ0n) is 8.69. The molecule has 0 aromatic carbocycles. The summed E-state index contributed by atoms with van der Waals surface area (Å²) >= 11 is 0. The normalized spacial score (nSPS) is 11.7. The molecule has 0 aliphatic rings. The molecule has 0 aliphatic heterocycles. The van der Waals surface area contributed by atoms with Gasteiger partial charge in [0.15, 0.2) is 5.85 Å². The Morgan fingerprint density at radius 2 is 1.50 bits per heavy atom. The molecule has 0 aliphatic carbocycles. The molecule has 0 amide bonds. The van der Waals surface area contributed by atoms with Crippen LogP contribution in [-0.4, -0.2) is 96.2 Å². The number of unbranched alkanes of at least 4 members (excludes halogenated alkanes) is 2. The van der Waals surface area contributed by atoms with Crippen LogP contribution in [0.3, 0.4) is 0 Å². The van der Waals surface area contributed by atoms with Crippen LogP contribution in [0.4, 0.5) is 0 Å². The third-order valence-corrected chi connectivity index (χ3v) is 2.59. The van der Waals surface area contributed by atoms with Crippen LogP contribution in [0.1, 0.15) is 25.7 Å². The van der Waals surface area contributed by atoms with E-state index >= 15 is 0 Å². The van der Waals surface area contributed by atoms with Crippen LogP contribution < -0.4 is 5.73 Å². The van der Waals surface area contributed by atoms with Gasteiger partial charge in [-0.2, -0.15) is 0 Å². The van der Waals surface area contributed by atoms with E-state index in [1.54, 1.807) is 0 Å². The summed E-state index contributed by atoms with van der Waals surface area (Å²) in [6.07, 6.45) is 2.37. The van der Waals surface area contributed by atoms with E-state index in [-0.39, 0.29) is 65.5 Å². The Balaban J connectivity index is -0.000000143. The Morgan fingerprint density at radius 1 is 1.11 bits per heavy atom. The molecule has 0 aromatic rings. The van der Waals surface area contributed by atoms with Crippen LogP contribution >= 0.6 is 15.9 Å². The molecule has 12 heteroatoms. The van der Waals surface area contributed by atoms with Crippen LogP contribution in [0.5, 0.6) is 0 Å². The molecule has 0 saturated carbocycles. The van der Waals surface area contributed by atoms with Crippen LogP contribution in [-0.2, 0) is 9.13 Å². The topological polar surface area (TPSA) is 161 Å². The van der Waals surface area contributed by atoms with E-state index in [0.29, 0.717) is 13.0 Å². The summed E-state index contributed by atoms with van der Waals surface area (Å²) < 4.78 is 19.2. The van der Waals surface area contributed by atoms with Crippen molar-refractivity contribution in [1.82, 2.24) is 0 Å². The predicted octanol–water partition coefficient (Wildman–Crippen LogP) is -1.93. The Morgan fingerprint density at radius 3 is 1.78 bits per heavy atom. The average molecular weight is 327 g/mol. The molecule has 0 rings (SSSR count). The number of rotatable bonds is 6. The molecule has 1 atom stereocenters. The Hall–Kier alpha value is 2.22. The minimum atomic E-state index is -4.28. The SMILES string of the molecule is NCCCCCC(O)P(=O)(O)O.O=[PH](O)O.[NaH].[NaH]. The molecule has 0 spiro atoms. The van der Waals surface area contributed by atoms with Crippen LogP contribution in [0.25, 0.3) is 0 Å². The number of nitrogens with two attached hydrogens (primary N) is 1. The first-order valence-electron chi connectivity index (χ1n) is 4.57. The van der Waals surface area contributed by atoms with E-state index in [4.69, 9.17) is 35.0 Å². The van der Waals surface area contributed by atoms with Crippen molar-refractivity contribution in [3.63, 3.8) is 0 Å². The van der Waals surface area contributed by atoms with Gasteiger partial charge in [0.25, 0.3) is 0 Å². The molecule has 0 radical (unpaired) electrons. The van der Waals surface area contributed by atoms with Crippen molar-refractivity contribution >= 4 is 75.0 Å². The molecule has 0 bridgehead atoms. The molecule has 104 valence electrons. The van der Waals surface area contributed by atoms with Crippen molar-refractivity contribution in [1.29, 1.82) is 0 Å². The van der Waals surface area contributed by atoms with E-state index in [1.807, 2.05) is 0 Å². The van der Waals surface area contributed by atoms with Crippen LogP contribution in [0.15, 0.2) is 0 Å². The standard InChI is InChI=1S/C6H16NO4P.2Na.H3O3P.2H/c7-5-3-1-2-4-6(8)12(9,10)11;;;1-4(2)3;;/h6,8H,1-5,7H2,(H2,9,10,11);;;4H,(H2,1,2,3);;. The second-order valence-electron chi connectivity index (χ2n) is 2.99. The third kappa shape index (κ3) is 26.7. The zero-order chi connectivity index (χ0) is 13.2. The molecular formula is C6H21NNa2O7P2. The van der Waals surface area contributed by atoms with Crippen molar-refractivity contribution in [3.8, 4) is 0 Å². The van der Waals surface area contributed by atoms with E-state index in [2.05, 4.69) is 0 Å². The summed E-state index contributed by atoms with van der Waals surface area (Å²) in [5.74, 6) is -1.50. The van der Waals surface area contributed by atoms with Gasteiger partial charge in [-0.25, -0.2) is 0 Å². The first kappa shape index (κ1) is 28.4. The van der Waals surface area contributed by atoms with Gasteiger partial charge in [0, 0.05) is 0 Å². The number of aliphatic hydroxyl groups excluding tert-OH is 1. The molecule has 8 nitrogen and oxygen atoms in total. The zero-order valence-corrected chi connectivity index (χ0v) is 10.6. The maximum atomic E-state index is 10.4. The summed E-state index contributed by atoms with van der Waals surface area (Å²) in [6.45, 7) is 0.575. The van der Waals surface area contributed by atoms with Gasteiger partial charge in [-0.05, 0) is 19.4 Å². The maximum absolute atomic E-state index is 10.4. The van der Waals surface area contributed by atoms with E-state index < -0.39 is 21.7 Å². The van der Waals surface area contributed by atoms with Gasteiger partial charge in [-0.15, -0.1) is 0 Å². The molecule has 1 unspecified atom stereocenters. The number of aliphatic hydroxyl groups is 1. The summed E-state index contributed by atoms with van der Waals surface area (Å²) in [5, 5.41) is 8.89. The average Bonchev–Trinajstić information content (AvgIpc) is 2.09. The monoisotopic (exact) mass is 327 g/mol. The van der Waals surface area contributed by atoms with Gasteiger partial charge in [0.2, 0.25) is 0 Å². The second-order valence-corrected chi connectivity index (χ2v) is 5.33. The molecule has 0 aromatic heterocycles. The fraction of sp³-hybridized carbons (Fsp3) is 1.00. The molecular weight excluding hydrogens is 306 g/mol. The van der Waals surface area contributed by atoms with Crippen molar-refractivity contribution in [2.24, 2.45) is 5.73 Å². The summed E-state index contributed by atoms with van der Waals surface area (Å²) in [6, 6.07) is 0. The quantitative estimate of drug-likeness (QED) is 0.187. The summed E-state index contributed by atoms with van der Waals surface area (Å²) in [5.41, 5.74) is 5.22. The first-order valence-corrected chi connectivity index (χ1v) is 7.55. The van der Waals surface area contributed by atoms with Crippen molar-refractivity contribution in [2.75, 3.05) is 6.54 Å². The molecule has 0 heterocycles. The minimum absolute atomic E-state index is 0. The van der Waals surface area contributed by atoms with Gasteiger partial charge in [0.05, 0.1) is 0 Å². The van der Waals surface area contributed by atoms with Gasteiger partial charge >= 0.3 is 75.0 Å². The van der Waals surface area contributed by atoms with Gasteiger partial charge in [0.1, 0.15) is 0 Å². The summed E-state index contributed by atoms with van der Waals surface area (Å²) in [4.78, 5) is 31.3. The molecule has 0 fully saturated rings.